The number of Topliss-reactive ketones (excluding diaryl/α,β-unsaturated/α-hetero) is 1. The summed E-state index contributed by atoms with van der Waals surface area (Å²) < 4.78 is 2.24. The fourth-order valence-electron chi connectivity index (χ4n) is 4.09. The molecule has 1 aromatic heterocycles. The summed E-state index contributed by atoms with van der Waals surface area (Å²) in [5.41, 5.74) is 5.30. The topological polar surface area (TPSA) is 39.1 Å². The van der Waals surface area contributed by atoms with Crippen LogP contribution in [0.4, 0.5) is 0 Å². The van der Waals surface area contributed by atoms with Crippen molar-refractivity contribution in [3.63, 3.8) is 0 Å². The summed E-state index contributed by atoms with van der Waals surface area (Å²) in [4.78, 5) is 25.8. The number of aryl methyl sites for hydroxylation is 2. The zero-order valence-corrected chi connectivity index (χ0v) is 18.7. The summed E-state index contributed by atoms with van der Waals surface area (Å²) >= 11 is 0. The molecular formula is C26H26NO2S+. The van der Waals surface area contributed by atoms with Crippen molar-refractivity contribution in [2.45, 2.75) is 20.4 Å². The Balaban J connectivity index is 1.89. The van der Waals surface area contributed by atoms with Crippen LogP contribution >= 0.6 is 0 Å². The molecule has 0 radical (unpaired) electrons. The van der Waals surface area contributed by atoms with E-state index in [1.807, 2.05) is 67.6 Å². The monoisotopic (exact) mass is 416 g/mol. The number of benzene rings is 3. The molecule has 0 bridgehead atoms. The number of hydrogen-bond acceptors (Lipinski definition) is 2. The normalized spacial score (nSPS) is 11.5. The molecule has 4 aromatic rings. The summed E-state index contributed by atoms with van der Waals surface area (Å²) in [7, 11) is 0.0638. The highest BCUT2D eigenvalue weighted by atomic mass is 32.2. The molecule has 0 unspecified atom stereocenters. The number of aromatic nitrogens is 1. The van der Waals surface area contributed by atoms with Crippen LogP contribution in [-0.4, -0.2) is 34.4 Å². The number of nitrogens with zero attached hydrogens (tertiary/aromatic N) is 1. The lowest BCUT2D eigenvalue weighted by Crippen LogP contribution is -2.13. The Kier molecular flexibility index (Phi) is 5.52. The van der Waals surface area contributed by atoms with Gasteiger partial charge in [0, 0.05) is 45.0 Å². The maximum Gasteiger partial charge on any atom is 0.211 e. The van der Waals surface area contributed by atoms with Crippen LogP contribution in [0, 0.1) is 6.92 Å². The Morgan fingerprint density at radius 1 is 0.867 bits per heavy atom. The average molecular weight is 417 g/mol. The molecule has 3 nitrogen and oxygen atoms in total. The molecule has 4 heteroatoms. The molecule has 0 saturated heterocycles. The van der Waals surface area contributed by atoms with E-state index in [2.05, 4.69) is 24.0 Å². The minimum Gasteiger partial charge on any atom is -0.341 e. The fourth-order valence-corrected chi connectivity index (χ4v) is 4.78. The number of ketones is 2. The lowest BCUT2D eigenvalue weighted by Gasteiger charge is -2.06. The highest BCUT2D eigenvalue weighted by Crippen LogP contribution is 2.31. The van der Waals surface area contributed by atoms with E-state index in [1.54, 1.807) is 0 Å². The lowest BCUT2D eigenvalue weighted by atomic mass is 9.97. The Hall–Kier alpha value is -2.85. The minimum atomic E-state index is 0.0284. The Morgan fingerprint density at radius 2 is 1.47 bits per heavy atom. The van der Waals surface area contributed by atoms with Crippen LogP contribution < -0.4 is 0 Å². The van der Waals surface area contributed by atoms with Crippen LogP contribution in [-0.2, 0) is 17.4 Å². The minimum absolute atomic E-state index is 0.0284. The van der Waals surface area contributed by atoms with Gasteiger partial charge in [-0.15, -0.1) is 0 Å². The molecule has 0 aliphatic carbocycles. The van der Waals surface area contributed by atoms with Gasteiger partial charge in [-0.2, -0.15) is 0 Å². The van der Waals surface area contributed by atoms with Crippen molar-refractivity contribution in [2.75, 3.05) is 18.3 Å². The van der Waals surface area contributed by atoms with Gasteiger partial charge in [0.1, 0.15) is 0 Å². The van der Waals surface area contributed by atoms with E-state index in [4.69, 9.17) is 0 Å². The first-order chi connectivity index (χ1) is 14.4. The zero-order chi connectivity index (χ0) is 21.4. The van der Waals surface area contributed by atoms with Gasteiger partial charge >= 0.3 is 0 Å². The molecule has 1 heterocycles. The van der Waals surface area contributed by atoms with Crippen LogP contribution in [0.1, 0.15) is 38.8 Å². The van der Waals surface area contributed by atoms with E-state index in [0.29, 0.717) is 11.3 Å². The van der Waals surface area contributed by atoms with Gasteiger partial charge in [0.2, 0.25) is 5.78 Å². The van der Waals surface area contributed by atoms with Crippen molar-refractivity contribution in [3.8, 4) is 0 Å². The molecule has 152 valence electrons. The van der Waals surface area contributed by atoms with Crippen LogP contribution in [0.2, 0.25) is 0 Å². The molecule has 3 aromatic carbocycles. The molecule has 0 spiro atoms. The summed E-state index contributed by atoms with van der Waals surface area (Å²) in [6.07, 6.45) is 4.17. The smallest absolute Gasteiger partial charge is 0.211 e. The van der Waals surface area contributed by atoms with Gasteiger partial charge in [0.05, 0.1) is 12.5 Å². The second-order valence-electron chi connectivity index (χ2n) is 7.91. The summed E-state index contributed by atoms with van der Waals surface area (Å²) in [6.45, 7) is 4.90. The summed E-state index contributed by atoms with van der Waals surface area (Å²) in [6, 6.07) is 19.6. The van der Waals surface area contributed by atoms with Crippen molar-refractivity contribution in [1.82, 2.24) is 4.57 Å². The Morgan fingerprint density at radius 3 is 2.07 bits per heavy atom. The van der Waals surface area contributed by atoms with Crippen molar-refractivity contribution >= 4 is 44.3 Å². The third kappa shape index (κ3) is 3.56. The lowest BCUT2D eigenvalue weighted by molar-refractivity contribution is 0.101. The zero-order valence-electron chi connectivity index (χ0n) is 17.9. The molecule has 0 N–H and O–H groups in total. The van der Waals surface area contributed by atoms with Crippen molar-refractivity contribution in [1.29, 1.82) is 0 Å². The number of fused-ring (bicyclic) bond motifs is 3. The molecule has 0 amide bonds. The first kappa shape index (κ1) is 20.4. The largest absolute Gasteiger partial charge is 0.341 e. The molecular weight excluding hydrogens is 390 g/mol. The van der Waals surface area contributed by atoms with Crippen LogP contribution in [0.25, 0.3) is 21.8 Å². The van der Waals surface area contributed by atoms with Crippen LogP contribution in [0.15, 0.2) is 60.7 Å². The number of carbonyl (C=O) groups excluding carboxylic acids is 2. The van der Waals surface area contributed by atoms with E-state index < -0.39 is 0 Å². The third-order valence-electron chi connectivity index (χ3n) is 5.57. The molecule has 0 atom stereocenters. The van der Waals surface area contributed by atoms with Crippen molar-refractivity contribution in [3.05, 3.63) is 82.9 Å². The third-order valence-corrected chi connectivity index (χ3v) is 6.41. The molecule has 0 saturated carbocycles. The number of carbonyl (C=O) groups is 2. The fraction of sp³-hybridized carbons (Fsp3) is 0.231. The second kappa shape index (κ2) is 8.11. The standard InChI is InChI=1S/C26H26NO2S/c1-5-27-23-12-10-18(25(28)16-30(3)4)14-21(23)22-15-19(11-13-24(22)27)26(29)20-9-7-6-8-17(20)2/h6-15H,5,16H2,1-4H3/q+1. The molecule has 30 heavy (non-hydrogen) atoms. The maximum absolute atomic E-state index is 13.2. The van der Waals surface area contributed by atoms with E-state index in [9.17, 15) is 9.59 Å². The number of hydrogen-bond donors (Lipinski definition) is 0. The molecule has 0 fully saturated rings. The molecule has 4 rings (SSSR count). The Labute approximate surface area is 180 Å². The van der Waals surface area contributed by atoms with Gasteiger partial charge in [0.25, 0.3) is 0 Å². The van der Waals surface area contributed by atoms with Gasteiger partial charge in [-0.3, -0.25) is 9.59 Å². The molecule has 0 aliphatic heterocycles. The SMILES string of the molecule is CCn1c2ccc(C(=O)C[S+](C)C)cc2c2cc(C(=O)c3ccccc3C)ccc21. The first-order valence-corrected chi connectivity index (χ1v) is 12.4. The predicted molar refractivity (Wildman–Crippen MR) is 128 cm³/mol. The molecule has 0 aliphatic rings. The van der Waals surface area contributed by atoms with E-state index >= 15 is 0 Å². The quantitative estimate of drug-likeness (QED) is 0.311. The number of rotatable bonds is 6. The van der Waals surface area contributed by atoms with Crippen LogP contribution in [0.3, 0.4) is 0 Å². The average Bonchev–Trinajstić information content (AvgIpc) is 3.05. The highest BCUT2D eigenvalue weighted by Gasteiger charge is 2.18. The van der Waals surface area contributed by atoms with Gasteiger partial charge in [-0.25, -0.2) is 0 Å². The first-order valence-electron chi connectivity index (χ1n) is 10.1. The van der Waals surface area contributed by atoms with Crippen LogP contribution in [0.5, 0.6) is 0 Å². The van der Waals surface area contributed by atoms with Gasteiger partial charge in [0.15, 0.2) is 11.5 Å². The highest BCUT2D eigenvalue weighted by molar-refractivity contribution is 7.96. The predicted octanol–water partition coefficient (Wildman–Crippen LogP) is 5.41. The van der Waals surface area contributed by atoms with E-state index in [1.165, 1.54) is 0 Å². The van der Waals surface area contributed by atoms with E-state index in [0.717, 1.165) is 45.0 Å². The van der Waals surface area contributed by atoms with Gasteiger partial charge < -0.3 is 4.57 Å². The van der Waals surface area contributed by atoms with Gasteiger partial charge in [-0.1, -0.05) is 24.3 Å². The summed E-state index contributed by atoms with van der Waals surface area (Å²) in [5, 5.41) is 2.05. The van der Waals surface area contributed by atoms with Crippen molar-refractivity contribution < 1.29 is 9.59 Å². The summed E-state index contributed by atoms with van der Waals surface area (Å²) in [5.74, 6) is 0.769. The van der Waals surface area contributed by atoms with Crippen molar-refractivity contribution in [2.24, 2.45) is 0 Å². The maximum atomic E-state index is 13.2. The Bertz CT molecular complexity index is 1280. The second-order valence-corrected chi connectivity index (χ2v) is 10.2. The van der Waals surface area contributed by atoms with E-state index in [-0.39, 0.29) is 22.5 Å². The van der Waals surface area contributed by atoms with Gasteiger partial charge in [-0.05, 0) is 66.7 Å².